The average molecular weight is 439 g/mol. The second-order valence-electron chi connectivity index (χ2n) is 6.68. The Balaban J connectivity index is 1.86. The molecule has 1 N–H and O–H groups in total. The van der Waals surface area contributed by atoms with Gasteiger partial charge in [0.2, 0.25) is 0 Å². The first-order valence-electron chi connectivity index (χ1n) is 9.21. The fourth-order valence-electron chi connectivity index (χ4n) is 3.11. The van der Waals surface area contributed by atoms with Crippen LogP contribution in [-0.4, -0.2) is 46.1 Å². The summed E-state index contributed by atoms with van der Waals surface area (Å²) in [7, 11) is 0.0702. The predicted molar refractivity (Wildman–Crippen MR) is 109 cm³/mol. The number of hydrogen-bond acceptors (Lipinski definition) is 6. The van der Waals surface area contributed by atoms with Gasteiger partial charge in [0.15, 0.2) is 5.16 Å². The number of alkyl halides is 2. The molecule has 0 amide bonds. The highest BCUT2D eigenvalue weighted by atomic mass is 32.2. The number of rotatable bonds is 9. The number of benzene rings is 1. The lowest BCUT2D eigenvalue weighted by Gasteiger charge is -2.11. The highest BCUT2D eigenvalue weighted by Crippen LogP contribution is 2.32. The molecule has 1 aromatic carbocycles. The van der Waals surface area contributed by atoms with Crippen molar-refractivity contribution in [1.29, 1.82) is 0 Å². The van der Waals surface area contributed by atoms with Gasteiger partial charge in [0.25, 0.3) is 0 Å². The van der Waals surface area contributed by atoms with Gasteiger partial charge in [-0.05, 0) is 38.5 Å². The molecular weight excluding hydrogens is 416 g/mol. The van der Waals surface area contributed by atoms with Crippen LogP contribution in [-0.2, 0) is 21.3 Å². The van der Waals surface area contributed by atoms with Crippen molar-refractivity contribution >= 4 is 21.8 Å². The van der Waals surface area contributed by atoms with E-state index in [0.717, 1.165) is 5.56 Å². The minimum absolute atomic E-state index is 0.0831. The van der Waals surface area contributed by atoms with Crippen molar-refractivity contribution in [3.8, 4) is 11.5 Å². The molecule has 0 saturated carbocycles. The maximum Gasteiger partial charge on any atom is 0.387 e. The van der Waals surface area contributed by atoms with Crippen LogP contribution in [0.2, 0.25) is 0 Å². The molecule has 3 aromatic rings. The van der Waals surface area contributed by atoms with E-state index < -0.39 is 17.4 Å². The van der Waals surface area contributed by atoms with Gasteiger partial charge < -0.3 is 19.2 Å². The van der Waals surface area contributed by atoms with E-state index in [1.807, 2.05) is 6.92 Å². The normalized spacial score (nSPS) is 12.5. The van der Waals surface area contributed by atoms with Gasteiger partial charge in [-0.2, -0.15) is 8.78 Å². The number of halogens is 2. The van der Waals surface area contributed by atoms with Gasteiger partial charge in [-0.1, -0.05) is 0 Å². The third kappa shape index (κ3) is 4.76. The maximum absolute atomic E-state index is 12.9. The zero-order valence-electron chi connectivity index (χ0n) is 17.1. The molecule has 30 heavy (non-hydrogen) atoms. The molecule has 1 atom stereocenters. The van der Waals surface area contributed by atoms with E-state index in [2.05, 4.69) is 19.7 Å². The lowest BCUT2D eigenvalue weighted by molar-refractivity contribution is -0.0506. The van der Waals surface area contributed by atoms with Gasteiger partial charge in [0.05, 0.1) is 39.9 Å². The van der Waals surface area contributed by atoms with Crippen LogP contribution < -0.4 is 9.47 Å². The molecule has 1 unspecified atom stereocenters. The monoisotopic (exact) mass is 439 g/mol. The molecule has 0 bridgehead atoms. The van der Waals surface area contributed by atoms with Crippen molar-refractivity contribution in [1.82, 2.24) is 15.0 Å². The maximum atomic E-state index is 12.9. The number of methoxy groups -OCH3 is 1. The minimum atomic E-state index is -2.93. The molecule has 162 valence electrons. The van der Waals surface area contributed by atoms with E-state index in [1.165, 1.54) is 0 Å². The summed E-state index contributed by atoms with van der Waals surface area (Å²) in [5.41, 5.74) is 3.47. The number of nitrogens with one attached hydrogen (secondary N) is 1. The van der Waals surface area contributed by atoms with E-state index in [-0.39, 0.29) is 16.7 Å². The second kappa shape index (κ2) is 9.48. The number of aromatic amines is 1. The predicted octanol–water partition coefficient (Wildman–Crippen LogP) is 3.82. The van der Waals surface area contributed by atoms with Crippen LogP contribution in [0.4, 0.5) is 8.78 Å². The Hall–Kier alpha value is -2.59. The molecule has 2 heterocycles. The smallest absolute Gasteiger partial charge is 0.387 e. The summed E-state index contributed by atoms with van der Waals surface area (Å²) in [6, 6.07) is 3.40. The van der Waals surface area contributed by atoms with E-state index in [9.17, 15) is 13.0 Å². The first kappa shape index (κ1) is 22.1. The first-order chi connectivity index (χ1) is 14.3. The first-order valence-corrected chi connectivity index (χ1v) is 10.5. The largest absolute Gasteiger partial charge is 0.491 e. The van der Waals surface area contributed by atoms with E-state index >= 15 is 0 Å². The third-order valence-corrected chi connectivity index (χ3v) is 5.78. The standard InChI is InChI=1S/C20H23F2N3O4S/c1-11-9-14-17(13(3)18(11)29-19(21)22)25-20(24-14)30(26)10-15-12(2)16(5-6-23-15)28-8-7-27-4/h5-6,9,19H,7-8,10H2,1-4H3,(H,24,25). The highest BCUT2D eigenvalue weighted by molar-refractivity contribution is 7.84. The summed E-state index contributed by atoms with van der Waals surface area (Å²) < 4.78 is 53.6. The van der Waals surface area contributed by atoms with Gasteiger partial charge in [0, 0.05) is 24.4 Å². The highest BCUT2D eigenvalue weighted by Gasteiger charge is 2.19. The Bertz CT molecular complexity index is 1070. The van der Waals surface area contributed by atoms with E-state index in [4.69, 9.17) is 9.47 Å². The topological polar surface area (TPSA) is 86.3 Å². The van der Waals surface area contributed by atoms with Crippen LogP contribution in [0.5, 0.6) is 11.5 Å². The molecule has 3 rings (SSSR count). The number of aryl methyl sites for hydroxylation is 2. The van der Waals surface area contributed by atoms with E-state index in [0.29, 0.717) is 46.8 Å². The minimum Gasteiger partial charge on any atom is -0.491 e. The van der Waals surface area contributed by atoms with Gasteiger partial charge in [0.1, 0.15) is 18.1 Å². The molecule has 0 aliphatic rings. The number of ether oxygens (including phenoxy) is 3. The molecule has 2 aromatic heterocycles. The molecule has 0 spiro atoms. The lowest BCUT2D eigenvalue weighted by Crippen LogP contribution is -2.08. The van der Waals surface area contributed by atoms with E-state index in [1.54, 1.807) is 39.3 Å². The molecule has 0 saturated heterocycles. The Labute approximate surface area is 175 Å². The molecular formula is C20H23F2N3O4S. The summed E-state index contributed by atoms with van der Waals surface area (Å²) in [5, 5.41) is 0.244. The fraction of sp³-hybridized carbons (Fsp3) is 0.400. The Morgan fingerprint density at radius 1 is 1.20 bits per heavy atom. The Morgan fingerprint density at radius 2 is 1.97 bits per heavy atom. The van der Waals surface area contributed by atoms with Crippen LogP contribution in [0.3, 0.4) is 0 Å². The lowest BCUT2D eigenvalue weighted by atomic mass is 10.1. The van der Waals surface area contributed by atoms with Crippen LogP contribution in [0.1, 0.15) is 22.4 Å². The van der Waals surface area contributed by atoms with Crippen LogP contribution in [0.15, 0.2) is 23.5 Å². The number of H-pyrrole nitrogens is 1. The Kier molecular flexibility index (Phi) is 6.99. The second-order valence-corrected chi connectivity index (χ2v) is 8.04. The number of pyridine rings is 1. The SMILES string of the molecule is COCCOc1ccnc(CS(=O)c2nc3c(C)c(OC(F)F)c(C)cc3[nH]2)c1C. The number of fused-ring (bicyclic) bond motifs is 1. The van der Waals surface area contributed by atoms with Crippen molar-refractivity contribution < 1.29 is 27.2 Å². The summed E-state index contributed by atoms with van der Waals surface area (Å²) in [6.45, 7) is 3.09. The summed E-state index contributed by atoms with van der Waals surface area (Å²) in [6.07, 6.45) is 1.60. The van der Waals surface area contributed by atoms with Crippen molar-refractivity contribution in [2.45, 2.75) is 38.3 Å². The summed E-state index contributed by atoms with van der Waals surface area (Å²) in [4.78, 5) is 11.7. The number of hydrogen-bond donors (Lipinski definition) is 1. The molecule has 0 aliphatic carbocycles. The number of imidazole rings is 1. The van der Waals surface area contributed by atoms with Crippen molar-refractivity contribution in [3.63, 3.8) is 0 Å². The Morgan fingerprint density at radius 3 is 2.67 bits per heavy atom. The van der Waals surface area contributed by atoms with Crippen LogP contribution >= 0.6 is 0 Å². The number of aromatic nitrogens is 3. The van der Waals surface area contributed by atoms with Gasteiger partial charge >= 0.3 is 6.61 Å². The molecule has 0 fully saturated rings. The fourth-order valence-corrected chi connectivity index (χ4v) is 4.20. The molecule has 0 aliphatic heterocycles. The summed E-state index contributed by atoms with van der Waals surface area (Å²) >= 11 is 0. The quantitative estimate of drug-likeness (QED) is 0.510. The van der Waals surface area contributed by atoms with Crippen LogP contribution in [0.25, 0.3) is 11.0 Å². The van der Waals surface area contributed by atoms with Crippen molar-refractivity contribution in [2.75, 3.05) is 20.3 Å². The van der Waals surface area contributed by atoms with Gasteiger partial charge in [-0.25, -0.2) is 4.98 Å². The molecule has 0 radical (unpaired) electrons. The summed E-state index contributed by atoms with van der Waals surface area (Å²) in [5.74, 6) is 0.865. The average Bonchev–Trinajstić information content (AvgIpc) is 3.12. The van der Waals surface area contributed by atoms with Gasteiger partial charge in [-0.3, -0.25) is 9.19 Å². The number of nitrogens with zero attached hydrogens (tertiary/aromatic N) is 2. The zero-order valence-corrected chi connectivity index (χ0v) is 17.9. The third-order valence-electron chi connectivity index (χ3n) is 4.62. The molecule has 10 heteroatoms. The zero-order chi connectivity index (χ0) is 21.8. The van der Waals surface area contributed by atoms with Crippen LogP contribution in [0, 0.1) is 20.8 Å². The van der Waals surface area contributed by atoms with Gasteiger partial charge in [-0.15, -0.1) is 0 Å². The van der Waals surface area contributed by atoms with Crippen molar-refractivity contribution in [3.05, 3.63) is 40.7 Å². The van der Waals surface area contributed by atoms with Crippen molar-refractivity contribution in [2.24, 2.45) is 0 Å². The molecule has 7 nitrogen and oxygen atoms in total.